The average molecular weight is 262 g/mol. The molecule has 1 unspecified atom stereocenters. The first kappa shape index (κ1) is 14.0. The van der Waals surface area contributed by atoms with E-state index >= 15 is 0 Å². The van der Waals surface area contributed by atoms with Gasteiger partial charge in [-0.1, -0.05) is 0 Å². The van der Waals surface area contributed by atoms with Gasteiger partial charge in [0, 0.05) is 45.1 Å². The van der Waals surface area contributed by atoms with Gasteiger partial charge in [0.1, 0.15) is 0 Å². The Kier molecular flexibility index (Phi) is 5.30. The van der Waals surface area contributed by atoms with Crippen LogP contribution >= 0.6 is 0 Å². The first-order chi connectivity index (χ1) is 9.27. The number of hydrogen-bond acceptors (Lipinski definition) is 4. The van der Waals surface area contributed by atoms with Crippen molar-refractivity contribution >= 4 is 5.91 Å². The largest absolute Gasteiger partial charge is 0.354 e. The molecule has 0 bridgehead atoms. The van der Waals surface area contributed by atoms with E-state index < -0.39 is 0 Å². The van der Waals surface area contributed by atoms with Crippen LogP contribution in [-0.2, 0) is 11.2 Å². The molecule has 0 saturated carbocycles. The summed E-state index contributed by atoms with van der Waals surface area (Å²) in [5.41, 5.74) is 1.20. The molecular weight excluding hydrogens is 240 g/mol. The van der Waals surface area contributed by atoms with Gasteiger partial charge in [-0.25, -0.2) is 0 Å². The summed E-state index contributed by atoms with van der Waals surface area (Å²) in [6.07, 6.45) is 4.41. The molecule has 0 aliphatic carbocycles. The van der Waals surface area contributed by atoms with E-state index in [-0.39, 0.29) is 11.9 Å². The van der Waals surface area contributed by atoms with Crippen LogP contribution in [0.4, 0.5) is 0 Å². The van der Waals surface area contributed by atoms with Crippen LogP contribution in [0.15, 0.2) is 24.5 Å². The Hall–Kier alpha value is -1.46. The third kappa shape index (κ3) is 4.29. The highest BCUT2D eigenvalue weighted by Crippen LogP contribution is 2.01. The van der Waals surface area contributed by atoms with Crippen LogP contribution in [0.2, 0.25) is 0 Å². The quantitative estimate of drug-likeness (QED) is 0.786. The lowest BCUT2D eigenvalue weighted by molar-refractivity contribution is -0.126. The molecule has 104 valence electrons. The minimum Gasteiger partial charge on any atom is -0.354 e. The van der Waals surface area contributed by atoms with E-state index in [1.807, 2.05) is 19.1 Å². The zero-order valence-electron chi connectivity index (χ0n) is 11.4. The molecule has 1 saturated heterocycles. The zero-order valence-corrected chi connectivity index (χ0v) is 11.4. The lowest BCUT2D eigenvalue weighted by Crippen LogP contribution is -2.52. The van der Waals surface area contributed by atoms with E-state index in [0.29, 0.717) is 6.54 Å². The van der Waals surface area contributed by atoms with Gasteiger partial charge in [-0.15, -0.1) is 0 Å². The molecule has 1 aliphatic rings. The monoisotopic (exact) mass is 262 g/mol. The van der Waals surface area contributed by atoms with Crippen molar-refractivity contribution in [3.63, 3.8) is 0 Å². The normalized spacial score (nSPS) is 17.9. The third-order valence-corrected chi connectivity index (χ3v) is 3.54. The van der Waals surface area contributed by atoms with E-state index in [0.717, 1.165) is 32.6 Å². The van der Waals surface area contributed by atoms with Crippen LogP contribution in [-0.4, -0.2) is 54.6 Å². The van der Waals surface area contributed by atoms with Crippen molar-refractivity contribution in [2.45, 2.75) is 19.4 Å². The van der Waals surface area contributed by atoms with Crippen molar-refractivity contribution in [2.24, 2.45) is 0 Å². The van der Waals surface area contributed by atoms with Gasteiger partial charge in [-0.05, 0) is 31.0 Å². The van der Waals surface area contributed by atoms with E-state index in [2.05, 4.69) is 20.5 Å². The molecule has 1 atom stereocenters. The maximum Gasteiger partial charge on any atom is 0.237 e. The summed E-state index contributed by atoms with van der Waals surface area (Å²) in [7, 11) is 0. The molecule has 2 N–H and O–H groups in total. The zero-order chi connectivity index (χ0) is 13.5. The van der Waals surface area contributed by atoms with Gasteiger partial charge >= 0.3 is 0 Å². The smallest absolute Gasteiger partial charge is 0.237 e. The predicted molar refractivity (Wildman–Crippen MR) is 74.9 cm³/mol. The Balaban J connectivity index is 1.71. The summed E-state index contributed by atoms with van der Waals surface area (Å²) in [6.45, 7) is 6.48. The summed E-state index contributed by atoms with van der Waals surface area (Å²) in [5.74, 6) is 0.121. The summed E-state index contributed by atoms with van der Waals surface area (Å²) >= 11 is 0. The van der Waals surface area contributed by atoms with Gasteiger partial charge in [0.05, 0.1) is 6.04 Å². The topological polar surface area (TPSA) is 57.3 Å². The number of pyridine rings is 1. The number of nitrogens with zero attached hydrogens (tertiary/aromatic N) is 2. The molecule has 0 aromatic carbocycles. The number of hydrogen-bond donors (Lipinski definition) is 2. The van der Waals surface area contributed by atoms with E-state index in [1.165, 1.54) is 5.56 Å². The summed E-state index contributed by atoms with van der Waals surface area (Å²) in [5, 5.41) is 6.30. The fourth-order valence-electron chi connectivity index (χ4n) is 2.26. The molecule has 19 heavy (non-hydrogen) atoms. The number of nitrogens with one attached hydrogen (secondary N) is 2. The molecule has 1 aromatic rings. The molecule has 1 aliphatic heterocycles. The van der Waals surface area contributed by atoms with Crippen LogP contribution in [0, 0.1) is 0 Å². The van der Waals surface area contributed by atoms with Crippen molar-refractivity contribution < 1.29 is 4.79 Å². The molecule has 0 spiro atoms. The molecule has 0 radical (unpaired) electrons. The molecule has 1 aromatic heterocycles. The van der Waals surface area contributed by atoms with Gasteiger partial charge in [-0.3, -0.25) is 14.7 Å². The van der Waals surface area contributed by atoms with Crippen molar-refractivity contribution in [3.05, 3.63) is 30.1 Å². The number of carbonyl (C=O) groups excluding carboxylic acids is 1. The molecule has 1 amide bonds. The number of amides is 1. The fourth-order valence-corrected chi connectivity index (χ4v) is 2.26. The van der Waals surface area contributed by atoms with E-state index in [9.17, 15) is 4.79 Å². The van der Waals surface area contributed by atoms with Gasteiger partial charge < -0.3 is 10.6 Å². The second kappa shape index (κ2) is 7.21. The second-order valence-electron chi connectivity index (χ2n) is 4.86. The summed E-state index contributed by atoms with van der Waals surface area (Å²) < 4.78 is 0. The van der Waals surface area contributed by atoms with Gasteiger partial charge in [0.2, 0.25) is 5.91 Å². The maximum atomic E-state index is 12.0. The van der Waals surface area contributed by atoms with Crippen LogP contribution in [0.25, 0.3) is 0 Å². The summed E-state index contributed by atoms with van der Waals surface area (Å²) in [6, 6.07) is 3.91. The van der Waals surface area contributed by atoms with Crippen molar-refractivity contribution in [2.75, 3.05) is 32.7 Å². The molecule has 2 rings (SSSR count). The van der Waals surface area contributed by atoms with Crippen LogP contribution in [0.3, 0.4) is 0 Å². The molecule has 5 heteroatoms. The molecule has 2 heterocycles. The van der Waals surface area contributed by atoms with Gasteiger partial charge in [0.15, 0.2) is 0 Å². The molecule has 1 fully saturated rings. The first-order valence-corrected chi connectivity index (χ1v) is 6.89. The highest BCUT2D eigenvalue weighted by molar-refractivity contribution is 5.81. The second-order valence-corrected chi connectivity index (χ2v) is 4.86. The van der Waals surface area contributed by atoms with Crippen LogP contribution < -0.4 is 10.6 Å². The first-order valence-electron chi connectivity index (χ1n) is 6.89. The third-order valence-electron chi connectivity index (χ3n) is 3.54. The van der Waals surface area contributed by atoms with Crippen LogP contribution in [0.5, 0.6) is 0 Å². The minimum absolute atomic E-state index is 0.0421. The van der Waals surface area contributed by atoms with E-state index in [1.54, 1.807) is 12.4 Å². The maximum absolute atomic E-state index is 12.0. The van der Waals surface area contributed by atoms with E-state index in [4.69, 9.17) is 0 Å². The Labute approximate surface area is 114 Å². The minimum atomic E-state index is -0.0421. The fraction of sp³-hybridized carbons (Fsp3) is 0.571. The van der Waals surface area contributed by atoms with Crippen molar-refractivity contribution in [1.29, 1.82) is 0 Å². The Morgan fingerprint density at radius 2 is 2.11 bits per heavy atom. The highest BCUT2D eigenvalue weighted by atomic mass is 16.2. The van der Waals surface area contributed by atoms with Gasteiger partial charge in [0.25, 0.3) is 0 Å². The Morgan fingerprint density at radius 3 is 2.79 bits per heavy atom. The standard InChI is InChI=1S/C14H22N4O/c1-12(18-10-8-16-9-11-18)14(19)17-7-4-13-2-5-15-6-3-13/h2-3,5-6,12,16H,4,7-11H2,1H3,(H,17,19). The SMILES string of the molecule is CC(C(=O)NCCc1ccncc1)N1CCNCC1. The molecular formula is C14H22N4O. The summed E-state index contributed by atoms with van der Waals surface area (Å²) in [4.78, 5) is 18.2. The predicted octanol–water partition coefficient (Wildman–Crippen LogP) is 0.0340. The number of rotatable bonds is 5. The lowest BCUT2D eigenvalue weighted by Gasteiger charge is -2.31. The van der Waals surface area contributed by atoms with Gasteiger partial charge in [-0.2, -0.15) is 0 Å². The Morgan fingerprint density at radius 1 is 1.42 bits per heavy atom. The highest BCUT2D eigenvalue weighted by Gasteiger charge is 2.21. The number of aromatic nitrogens is 1. The van der Waals surface area contributed by atoms with Crippen molar-refractivity contribution in [3.8, 4) is 0 Å². The lowest BCUT2D eigenvalue weighted by atomic mass is 10.2. The average Bonchev–Trinajstić information content (AvgIpc) is 2.48. The Bertz CT molecular complexity index is 390. The van der Waals surface area contributed by atoms with Crippen LogP contribution in [0.1, 0.15) is 12.5 Å². The molecule has 5 nitrogen and oxygen atoms in total. The number of carbonyl (C=O) groups is 1. The number of piperazine rings is 1. The van der Waals surface area contributed by atoms with Crippen molar-refractivity contribution in [1.82, 2.24) is 20.5 Å².